The molecule has 128 valence electrons. The maximum atomic E-state index is 10.9. The zero-order valence-electron chi connectivity index (χ0n) is 13.9. The molecule has 0 radical (unpaired) electrons. The van der Waals surface area contributed by atoms with E-state index in [-0.39, 0.29) is 12.5 Å². The van der Waals surface area contributed by atoms with Gasteiger partial charge >= 0.3 is 6.03 Å². The van der Waals surface area contributed by atoms with Crippen molar-refractivity contribution in [2.24, 2.45) is 11.7 Å². The summed E-state index contributed by atoms with van der Waals surface area (Å²) < 4.78 is 11.1. The zero-order chi connectivity index (χ0) is 17.0. The van der Waals surface area contributed by atoms with Crippen LogP contribution in [0.5, 0.6) is 11.5 Å². The summed E-state index contributed by atoms with van der Waals surface area (Å²) in [5.74, 6) is 1.94. The lowest BCUT2D eigenvalue weighted by Crippen LogP contribution is -2.34. The third-order valence-corrected chi connectivity index (χ3v) is 4.00. The average Bonchev–Trinajstić information content (AvgIpc) is 3.26. The van der Waals surface area contributed by atoms with E-state index in [4.69, 9.17) is 15.2 Å². The molecular formula is C16H25N3O4. The minimum Gasteiger partial charge on any atom is -0.493 e. The van der Waals surface area contributed by atoms with Crippen LogP contribution in [0.3, 0.4) is 0 Å². The van der Waals surface area contributed by atoms with Gasteiger partial charge in [0.1, 0.15) is 6.61 Å². The largest absolute Gasteiger partial charge is 0.493 e. The molecule has 0 aliphatic heterocycles. The van der Waals surface area contributed by atoms with Gasteiger partial charge in [0.25, 0.3) is 0 Å². The Kier molecular flexibility index (Phi) is 5.68. The molecule has 2 atom stereocenters. The van der Waals surface area contributed by atoms with Crippen LogP contribution in [0.15, 0.2) is 18.2 Å². The molecule has 1 aromatic carbocycles. The molecule has 7 heteroatoms. The minimum absolute atomic E-state index is 0.220. The van der Waals surface area contributed by atoms with Crippen LogP contribution in [0.2, 0.25) is 0 Å². The van der Waals surface area contributed by atoms with Crippen molar-refractivity contribution in [3.8, 4) is 11.5 Å². The third-order valence-electron chi connectivity index (χ3n) is 4.00. The van der Waals surface area contributed by atoms with Crippen molar-refractivity contribution in [1.82, 2.24) is 9.96 Å². The number of benzene rings is 1. The number of urea groups is 1. The molecule has 7 nitrogen and oxygen atoms in total. The topological polar surface area (TPSA) is 88.3 Å². The quantitative estimate of drug-likeness (QED) is 0.559. The number of amides is 2. The number of ether oxygens (including phenoxy) is 2. The third kappa shape index (κ3) is 4.74. The maximum Gasteiger partial charge on any atom is 0.338 e. The molecule has 0 spiro atoms. The van der Waals surface area contributed by atoms with Crippen LogP contribution in [0, 0.1) is 5.92 Å². The Morgan fingerprint density at radius 1 is 1.39 bits per heavy atom. The van der Waals surface area contributed by atoms with E-state index in [2.05, 4.69) is 4.90 Å². The van der Waals surface area contributed by atoms with E-state index in [1.807, 2.05) is 32.3 Å². The second kappa shape index (κ2) is 7.52. The van der Waals surface area contributed by atoms with Crippen LogP contribution in [0.4, 0.5) is 4.79 Å². The molecule has 1 aliphatic carbocycles. The predicted molar refractivity (Wildman–Crippen MR) is 86.0 cm³/mol. The number of primary amides is 1. The highest BCUT2D eigenvalue weighted by atomic mass is 16.5. The van der Waals surface area contributed by atoms with Crippen molar-refractivity contribution in [3.05, 3.63) is 23.8 Å². The van der Waals surface area contributed by atoms with E-state index in [1.165, 1.54) is 0 Å². The standard InChI is InChI=1S/C16H25N3O4/c1-18(2)6-7-23-14-5-4-11(9-15(14)22-3)13-8-12(13)10-19(21)16(17)20/h4-5,9,12-13,21H,6-8,10H2,1-3H3,(H2,17,20)/t12-,13-/m0/s1. The molecule has 0 bridgehead atoms. The van der Waals surface area contributed by atoms with Gasteiger partial charge < -0.3 is 20.1 Å². The molecule has 23 heavy (non-hydrogen) atoms. The average molecular weight is 323 g/mol. The SMILES string of the molecule is COc1cc([C@@H]2C[C@H]2CN(O)C(N)=O)ccc1OCCN(C)C. The molecule has 1 fully saturated rings. The number of hydrogen-bond donors (Lipinski definition) is 2. The summed E-state index contributed by atoms with van der Waals surface area (Å²) in [5, 5.41) is 9.97. The second-order valence-electron chi connectivity index (χ2n) is 6.08. The Bertz CT molecular complexity index is 550. The van der Waals surface area contributed by atoms with Crippen molar-refractivity contribution in [2.45, 2.75) is 12.3 Å². The summed E-state index contributed by atoms with van der Waals surface area (Å²) in [6, 6.07) is 5.05. The summed E-state index contributed by atoms with van der Waals surface area (Å²) in [5.41, 5.74) is 6.14. The summed E-state index contributed by atoms with van der Waals surface area (Å²) in [7, 11) is 5.60. The fourth-order valence-electron chi connectivity index (χ4n) is 2.54. The first kappa shape index (κ1) is 17.4. The first-order chi connectivity index (χ1) is 10.9. The van der Waals surface area contributed by atoms with Crippen molar-refractivity contribution in [3.63, 3.8) is 0 Å². The summed E-state index contributed by atoms with van der Waals surface area (Å²) in [4.78, 5) is 12.9. The van der Waals surface area contributed by atoms with Crippen molar-refractivity contribution >= 4 is 6.03 Å². The van der Waals surface area contributed by atoms with Gasteiger partial charge in [-0.1, -0.05) is 6.07 Å². The summed E-state index contributed by atoms with van der Waals surface area (Å²) >= 11 is 0. The van der Waals surface area contributed by atoms with Gasteiger partial charge in [-0.3, -0.25) is 5.21 Å². The van der Waals surface area contributed by atoms with Crippen LogP contribution in [-0.2, 0) is 0 Å². The predicted octanol–water partition coefficient (Wildman–Crippen LogP) is 1.51. The van der Waals surface area contributed by atoms with Gasteiger partial charge in [0.05, 0.1) is 13.7 Å². The van der Waals surface area contributed by atoms with Crippen LogP contribution in [0.25, 0.3) is 0 Å². The Labute approximate surface area is 136 Å². The maximum absolute atomic E-state index is 10.9. The molecule has 2 rings (SSSR count). The molecule has 1 saturated carbocycles. The van der Waals surface area contributed by atoms with Crippen LogP contribution in [0.1, 0.15) is 17.9 Å². The molecule has 3 N–H and O–H groups in total. The van der Waals surface area contributed by atoms with Gasteiger partial charge in [-0.25, -0.2) is 9.86 Å². The highest BCUT2D eigenvalue weighted by Gasteiger charge is 2.40. The normalized spacial score (nSPS) is 19.5. The number of nitrogens with two attached hydrogens (primary N) is 1. The fourth-order valence-corrected chi connectivity index (χ4v) is 2.54. The first-order valence-corrected chi connectivity index (χ1v) is 7.63. The van der Waals surface area contributed by atoms with Gasteiger partial charge in [0.15, 0.2) is 11.5 Å². The summed E-state index contributed by atoms with van der Waals surface area (Å²) in [6.07, 6.45) is 0.911. The molecule has 1 aliphatic rings. The van der Waals surface area contributed by atoms with Crippen molar-refractivity contribution < 1.29 is 19.5 Å². The lowest BCUT2D eigenvalue weighted by molar-refractivity contribution is -0.0431. The molecular weight excluding hydrogens is 298 g/mol. The number of carbonyl (C=O) groups is 1. The van der Waals surface area contributed by atoms with Crippen LogP contribution < -0.4 is 15.2 Å². The van der Waals surface area contributed by atoms with Gasteiger partial charge in [-0.05, 0) is 50.0 Å². The van der Waals surface area contributed by atoms with Gasteiger partial charge in [-0.2, -0.15) is 0 Å². The van der Waals surface area contributed by atoms with Gasteiger partial charge in [-0.15, -0.1) is 0 Å². The first-order valence-electron chi connectivity index (χ1n) is 7.63. The number of methoxy groups -OCH3 is 1. The zero-order valence-corrected chi connectivity index (χ0v) is 13.9. The Morgan fingerprint density at radius 2 is 2.13 bits per heavy atom. The Balaban J connectivity index is 1.96. The second-order valence-corrected chi connectivity index (χ2v) is 6.08. The van der Waals surface area contributed by atoms with E-state index in [9.17, 15) is 10.0 Å². The Morgan fingerprint density at radius 3 is 2.74 bits per heavy atom. The molecule has 1 aromatic rings. The number of likely N-dealkylation sites (N-methyl/N-ethyl adjacent to an activating group) is 1. The van der Waals surface area contributed by atoms with E-state index < -0.39 is 6.03 Å². The van der Waals surface area contributed by atoms with Gasteiger partial charge in [0.2, 0.25) is 0 Å². The van der Waals surface area contributed by atoms with E-state index >= 15 is 0 Å². The number of hydrogen-bond acceptors (Lipinski definition) is 5. The van der Waals surface area contributed by atoms with Crippen LogP contribution >= 0.6 is 0 Å². The highest BCUT2D eigenvalue weighted by molar-refractivity contribution is 5.70. The fraction of sp³-hybridized carbons (Fsp3) is 0.562. The van der Waals surface area contributed by atoms with Crippen molar-refractivity contribution in [2.75, 3.05) is 40.9 Å². The number of carbonyl (C=O) groups excluding carboxylic acids is 1. The number of nitrogens with zero attached hydrogens (tertiary/aromatic N) is 2. The minimum atomic E-state index is -0.821. The molecule has 0 saturated heterocycles. The molecule has 2 amide bonds. The lowest BCUT2D eigenvalue weighted by atomic mass is 10.1. The van der Waals surface area contributed by atoms with Gasteiger partial charge in [0, 0.05) is 6.54 Å². The smallest absolute Gasteiger partial charge is 0.338 e. The Hall–Kier alpha value is -1.99. The number of hydroxylamine groups is 2. The highest BCUT2D eigenvalue weighted by Crippen LogP contribution is 2.49. The summed E-state index contributed by atoms with van der Waals surface area (Å²) in [6.45, 7) is 1.67. The van der Waals surface area contributed by atoms with Crippen molar-refractivity contribution in [1.29, 1.82) is 0 Å². The molecule has 0 unspecified atom stereocenters. The molecule has 0 aromatic heterocycles. The lowest BCUT2D eigenvalue weighted by Gasteiger charge is -2.15. The molecule has 0 heterocycles. The van der Waals surface area contributed by atoms with E-state index in [0.717, 1.165) is 24.3 Å². The monoisotopic (exact) mass is 323 g/mol. The van der Waals surface area contributed by atoms with E-state index in [0.29, 0.717) is 23.3 Å². The van der Waals surface area contributed by atoms with E-state index in [1.54, 1.807) is 7.11 Å². The number of rotatable bonds is 8. The van der Waals surface area contributed by atoms with Crippen LogP contribution in [-0.4, -0.2) is 62.1 Å².